The van der Waals surface area contributed by atoms with E-state index in [2.05, 4.69) is 31.4 Å². The number of halogens is 1. The molecule has 9 heteroatoms. The molecular weight excluding hydrogens is 478 g/mol. The maximum absolute atomic E-state index is 13.2. The minimum absolute atomic E-state index is 0.0613. The first-order chi connectivity index (χ1) is 15.0. The maximum atomic E-state index is 13.2. The third-order valence-corrected chi connectivity index (χ3v) is 6.00. The first-order valence-corrected chi connectivity index (χ1v) is 11.1. The second-order valence-electron chi connectivity index (χ2n) is 6.65. The highest BCUT2D eigenvalue weighted by Gasteiger charge is 2.14. The summed E-state index contributed by atoms with van der Waals surface area (Å²) in [5.74, 6) is -0.230. The number of thioether (sulfide) groups is 1. The van der Waals surface area contributed by atoms with Crippen LogP contribution in [0.2, 0.25) is 0 Å². The van der Waals surface area contributed by atoms with Gasteiger partial charge in [-0.05, 0) is 48.5 Å². The molecular formula is C22H18BrN5O2S. The van der Waals surface area contributed by atoms with Gasteiger partial charge in [0.25, 0.3) is 11.5 Å². The highest BCUT2D eigenvalue weighted by Crippen LogP contribution is 2.22. The average Bonchev–Trinajstić information content (AvgIpc) is 3.18. The lowest BCUT2D eigenvalue weighted by Crippen LogP contribution is -2.24. The zero-order chi connectivity index (χ0) is 21.8. The quantitative estimate of drug-likeness (QED) is 0.191. The molecule has 0 atom stereocenters. The fourth-order valence-electron chi connectivity index (χ4n) is 2.97. The van der Waals surface area contributed by atoms with Crippen molar-refractivity contribution < 1.29 is 4.79 Å². The molecule has 0 saturated carbocycles. The van der Waals surface area contributed by atoms with Crippen molar-refractivity contribution in [3.63, 3.8) is 0 Å². The Hall–Kier alpha value is -3.17. The first kappa shape index (κ1) is 21.1. The molecule has 156 valence electrons. The van der Waals surface area contributed by atoms with Gasteiger partial charge in [0.2, 0.25) is 0 Å². The average molecular weight is 496 g/mol. The van der Waals surface area contributed by atoms with Gasteiger partial charge in [0.1, 0.15) is 0 Å². The van der Waals surface area contributed by atoms with Gasteiger partial charge >= 0.3 is 0 Å². The van der Waals surface area contributed by atoms with Gasteiger partial charge in [0, 0.05) is 17.7 Å². The van der Waals surface area contributed by atoms with Crippen LogP contribution in [0.4, 0.5) is 0 Å². The molecule has 0 aliphatic rings. The summed E-state index contributed by atoms with van der Waals surface area (Å²) in [6.07, 6.45) is 3.47. The van der Waals surface area contributed by atoms with Crippen molar-refractivity contribution in [2.24, 2.45) is 12.1 Å². The van der Waals surface area contributed by atoms with Crippen molar-refractivity contribution >= 4 is 50.7 Å². The van der Waals surface area contributed by atoms with E-state index in [1.54, 1.807) is 18.3 Å². The summed E-state index contributed by atoms with van der Waals surface area (Å²) in [6.45, 7) is 0. The third kappa shape index (κ3) is 4.78. The molecule has 2 heterocycles. The molecule has 1 N–H and O–H groups in total. The summed E-state index contributed by atoms with van der Waals surface area (Å²) in [6, 6.07) is 18.3. The Morgan fingerprint density at radius 3 is 2.68 bits per heavy atom. The van der Waals surface area contributed by atoms with E-state index in [-0.39, 0.29) is 17.2 Å². The number of aromatic nitrogens is 3. The molecule has 4 aromatic rings. The van der Waals surface area contributed by atoms with Crippen molar-refractivity contribution in [1.29, 1.82) is 0 Å². The van der Waals surface area contributed by atoms with Gasteiger partial charge in [-0.25, -0.2) is 10.4 Å². The Balaban J connectivity index is 1.59. The van der Waals surface area contributed by atoms with E-state index in [1.165, 1.54) is 16.3 Å². The molecule has 4 rings (SSSR count). The largest absolute Gasteiger partial charge is 0.350 e. The number of fused-ring (bicyclic) bond motifs is 1. The minimum Gasteiger partial charge on any atom is -0.350 e. The number of aryl methyl sites for hydroxylation is 1. The van der Waals surface area contributed by atoms with Crippen LogP contribution in [0.3, 0.4) is 0 Å². The molecule has 0 aliphatic heterocycles. The summed E-state index contributed by atoms with van der Waals surface area (Å²) in [5.41, 5.74) is 4.46. The Bertz CT molecular complexity index is 1330. The van der Waals surface area contributed by atoms with Crippen LogP contribution in [-0.2, 0) is 11.8 Å². The highest BCUT2D eigenvalue weighted by molar-refractivity contribution is 9.10. The van der Waals surface area contributed by atoms with E-state index in [9.17, 15) is 9.59 Å². The van der Waals surface area contributed by atoms with Gasteiger partial charge in [-0.1, -0.05) is 39.8 Å². The van der Waals surface area contributed by atoms with Crippen molar-refractivity contribution in [2.45, 2.75) is 5.16 Å². The number of nitrogens with zero attached hydrogens (tertiary/aromatic N) is 4. The normalized spacial score (nSPS) is 11.3. The lowest BCUT2D eigenvalue weighted by molar-refractivity contribution is -0.118. The topological polar surface area (TPSA) is 81.3 Å². The molecule has 0 fully saturated rings. The Morgan fingerprint density at radius 1 is 1.16 bits per heavy atom. The summed E-state index contributed by atoms with van der Waals surface area (Å²) in [7, 11) is 1.89. The third-order valence-electron chi connectivity index (χ3n) is 4.53. The van der Waals surface area contributed by atoms with Crippen LogP contribution < -0.4 is 11.0 Å². The van der Waals surface area contributed by atoms with E-state index in [0.29, 0.717) is 21.7 Å². The predicted molar refractivity (Wildman–Crippen MR) is 127 cm³/mol. The Labute approximate surface area is 190 Å². The van der Waals surface area contributed by atoms with E-state index in [0.717, 1.165) is 10.2 Å². The fraction of sp³-hybridized carbons (Fsp3) is 0.0909. The molecule has 1 amide bonds. The number of benzene rings is 2. The van der Waals surface area contributed by atoms with E-state index >= 15 is 0 Å². The minimum atomic E-state index is -0.291. The monoisotopic (exact) mass is 495 g/mol. The second kappa shape index (κ2) is 9.32. The van der Waals surface area contributed by atoms with Crippen LogP contribution in [0.1, 0.15) is 5.69 Å². The molecule has 0 saturated heterocycles. The molecule has 0 aliphatic carbocycles. The lowest BCUT2D eigenvalue weighted by atomic mass is 10.2. The van der Waals surface area contributed by atoms with E-state index < -0.39 is 0 Å². The molecule has 0 bridgehead atoms. The number of carbonyl (C=O) groups is 1. The number of hydrogen-bond acceptors (Lipinski definition) is 5. The molecule has 2 aromatic heterocycles. The molecule has 0 unspecified atom stereocenters. The molecule has 0 spiro atoms. The molecule has 7 nitrogen and oxygen atoms in total. The lowest BCUT2D eigenvalue weighted by Gasteiger charge is -2.13. The summed E-state index contributed by atoms with van der Waals surface area (Å²) in [4.78, 5) is 30.1. The van der Waals surface area contributed by atoms with Gasteiger partial charge < -0.3 is 4.57 Å². The van der Waals surface area contributed by atoms with Crippen LogP contribution in [0.15, 0.2) is 86.4 Å². The zero-order valence-corrected chi connectivity index (χ0v) is 18.9. The fourth-order valence-corrected chi connectivity index (χ4v) is 4.04. The van der Waals surface area contributed by atoms with Crippen LogP contribution in [0, 0.1) is 0 Å². The van der Waals surface area contributed by atoms with Gasteiger partial charge in [-0.2, -0.15) is 5.10 Å². The summed E-state index contributed by atoms with van der Waals surface area (Å²) in [5, 5.41) is 4.95. The van der Waals surface area contributed by atoms with Crippen LogP contribution in [0.5, 0.6) is 0 Å². The molecule has 2 aromatic carbocycles. The van der Waals surface area contributed by atoms with Crippen molar-refractivity contribution in [3.8, 4) is 5.69 Å². The predicted octanol–water partition coefficient (Wildman–Crippen LogP) is 3.73. The van der Waals surface area contributed by atoms with Crippen LogP contribution in [-0.4, -0.2) is 32.0 Å². The van der Waals surface area contributed by atoms with Gasteiger partial charge in [-0.15, -0.1) is 0 Å². The number of hydrazone groups is 1. The van der Waals surface area contributed by atoms with Gasteiger partial charge in [-0.3, -0.25) is 14.2 Å². The van der Waals surface area contributed by atoms with Crippen LogP contribution in [0.25, 0.3) is 16.6 Å². The van der Waals surface area contributed by atoms with E-state index in [1.807, 2.05) is 66.3 Å². The summed E-state index contributed by atoms with van der Waals surface area (Å²) >= 11 is 4.59. The Morgan fingerprint density at radius 2 is 1.94 bits per heavy atom. The van der Waals surface area contributed by atoms with Crippen LogP contribution >= 0.6 is 27.7 Å². The Kier molecular flexibility index (Phi) is 6.34. The summed E-state index contributed by atoms with van der Waals surface area (Å²) < 4.78 is 4.32. The van der Waals surface area contributed by atoms with Crippen molar-refractivity contribution in [2.75, 3.05) is 5.75 Å². The maximum Gasteiger partial charge on any atom is 0.266 e. The zero-order valence-electron chi connectivity index (χ0n) is 16.5. The van der Waals surface area contributed by atoms with Gasteiger partial charge in [0.15, 0.2) is 5.16 Å². The molecule has 0 radical (unpaired) electrons. The first-order valence-electron chi connectivity index (χ1n) is 9.37. The standard InChI is InChI=1S/C22H18BrN5O2S/c1-27-12-4-5-17(27)13-24-26-20(29)14-31-22-25-19-7-3-2-6-18(19)21(30)28(22)16-10-8-15(23)9-11-16/h2-13H,14H2,1H3,(H,26,29)/b24-13-. The number of amides is 1. The molecule has 31 heavy (non-hydrogen) atoms. The van der Waals surface area contributed by atoms with Crippen molar-refractivity contribution in [1.82, 2.24) is 19.5 Å². The van der Waals surface area contributed by atoms with Gasteiger partial charge in [0.05, 0.1) is 34.3 Å². The SMILES string of the molecule is Cn1cccc1/C=N\NC(=O)CSc1nc2ccccc2c(=O)n1-c1ccc(Br)cc1. The van der Waals surface area contributed by atoms with E-state index in [4.69, 9.17) is 0 Å². The number of nitrogens with one attached hydrogen (secondary N) is 1. The highest BCUT2D eigenvalue weighted by atomic mass is 79.9. The number of para-hydroxylation sites is 1. The smallest absolute Gasteiger partial charge is 0.266 e. The second-order valence-corrected chi connectivity index (χ2v) is 8.51. The number of hydrogen-bond donors (Lipinski definition) is 1. The van der Waals surface area contributed by atoms with Crippen molar-refractivity contribution in [3.05, 3.63) is 87.4 Å². The number of carbonyl (C=O) groups excluding carboxylic acids is 1. The number of rotatable bonds is 6.